The van der Waals surface area contributed by atoms with Gasteiger partial charge < -0.3 is 29.6 Å². The van der Waals surface area contributed by atoms with Crippen LogP contribution in [0.2, 0.25) is 0 Å². The molecule has 35 heavy (non-hydrogen) atoms. The van der Waals surface area contributed by atoms with Gasteiger partial charge >= 0.3 is 5.82 Å². The highest BCUT2D eigenvalue weighted by Gasteiger charge is 2.27. The van der Waals surface area contributed by atoms with Crippen molar-refractivity contribution in [1.29, 1.82) is 0 Å². The molecule has 0 saturated carbocycles. The molecule has 1 heterocycles. The zero-order chi connectivity index (χ0) is 25.4. The summed E-state index contributed by atoms with van der Waals surface area (Å²) in [5, 5.41) is 17.8. The van der Waals surface area contributed by atoms with Crippen LogP contribution in [-0.2, 0) is 11.4 Å². The Kier molecular flexibility index (Phi) is 8.66. The Labute approximate surface area is 204 Å². The van der Waals surface area contributed by atoms with Gasteiger partial charge in [0.1, 0.15) is 12.4 Å². The van der Waals surface area contributed by atoms with Crippen molar-refractivity contribution in [3.63, 3.8) is 0 Å². The average Bonchev–Trinajstić information content (AvgIpc) is 3.22. The SMILES string of the molecule is CCOc1ccc(COc2ccc(NC(=O)C(CC)n3nc([N+](=O)[O-])cc3C)cc2)cc1OCC. The zero-order valence-electron chi connectivity index (χ0n) is 20.3. The maximum atomic E-state index is 12.8. The van der Waals surface area contributed by atoms with Crippen LogP contribution in [0.25, 0.3) is 0 Å². The summed E-state index contributed by atoms with van der Waals surface area (Å²) < 4.78 is 18.5. The summed E-state index contributed by atoms with van der Waals surface area (Å²) in [6.45, 7) is 8.78. The number of nitro groups is 1. The van der Waals surface area contributed by atoms with E-state index in [0.717, 1.165) is 5.56 Å². The molecule has 0 saturated heterocycles. The summed E-state index contributed by atoms with van der Waals surface area (Å²) in [7, 11) is 0. The quantitative estimate of drug-likeness (QED) is 0.283. The fraction of sp³-hybridized carbons (Fsp3) is 0.360. The third kappa shape index (κ3) is 6.50. The molecule has 0 aliphatic rings. The Hall–Kier alpha value is -4.08. The van der Waals surface area contributed by atoms with E-state index in [1.807, 2.05) is 39.0 Å². The Bertz CT molecular complexity index is 1160. The number of benzene rings is 2. The Balaban J connectivity index is 1.62. The van der Waals surface area contributed by atoms with Crippen LogP contribution in [0.15, 0.2) is 48.5 Å². The lowest BCUT2D eigenvalue weighted by Crippen LogP contribution is -2.27. The van der Waals surface area contributed by atoms with E-state index in [1.54, 1.807) is 31.2 Å². The van der Waals surface area contributed by atoms with Crippen LogP contribution in [0.5, 0.6) is 17.2 Å². The van der Waals surface area contributed by atoms with Crippen LogP contribution < -0.4 is 19.5 Å². The molecule has 0 spiro atoms. The number of aryl methyl sites for hydroxylation is 1. The number of aromatic nitrogens is 2. The molecule has 1 atom stereocenters. The van der Waals surface area contributed by atoms with Crippen LogP contribution >= 0.6 is 0 Å². The first-order valence-electron chi connectivity index (χ1n) is 11.5. The highest BCUT2D eigenvalue weighted by atomic mass is 16.6. The van der Waals surface area contributed by atoms with E-state index in [4.69, 9.17) is 14.2 Å². The van der Waals surface area contributed by atoms with Crippen molar-refractivity contribution < 1.29 is 23.9 Å². The molecule has 2 aromatic carbocycles. The molecular formula is C25H30N4O6. The van der Waals surface area contributed by atoms with Gasteiger partial charge in [-0.2, -0.15) is 4.68 Å². The highest BCUT2D eigenvalue weighted by molar-refractivity contribution is 5.93. The fourth-order valence-corrected chi connectivity index (χ4v) is 3.56. The second-order valence-corrected chi connectivity index (χ2v) is 7.72. The molecule has 0 radical (unpaired) electrons. The molecule has 1 N–H and O–H groups in total. The minimum absolute atomic E-state index is 0.281. The Morgan fingerprint density at radius 3 is 2.31 bits per heavy atom. The van der Waals surface area contributed by atoms with Crippen molar-refractivity contribution in [2.75, 3.05) is 18.5 Å². The molecule has 1 aromatic heterocycles. The van der Waals surface area contributed by atoms with Gasteiger partial charge in [0.25, 0.3) is 5.91 Å². The van der Waals surface area contributed by atoms with Gasteiger partial charge in [-0.1, -0.05) is 13.0 Å². The number of rotatable bonds is 12. The predicted molar refractivity (Wildman–Crippen MR) is 131 cm³/mol. The van der Waals surface area contributed by atoms with Crippen molar-refractivity contribution >= 4 is 17.4 Å². The second-order valence-electron chi connectivity index (χ2n) is 7.72. The van der Waals surface area contributed by atoms with Crippen molar-refractivity contribution in [3.05, 3.63) is 69.9 Å². The number of hydrogen-bond donors (Lipinski definition) is 1. The molecule has 3 aromatic rings. The van der Waals surface area contributed by atoms with Gasteiger partial charge in [0.15, 0.2) is 17.5 Å². The smallest absolute Gasteiger partial charge is 0.390 e. The van der Waals surface area contributed by atoms with E-state index in [2.05, 4.69) is 10.4 Å². The molecule has 10 heteroatoms. The number of amides is 1. The molecule has 0 aliphatic heterocycles. The summed E-state index contributed by atoms with van der Waals surface area (Å²) in [6, 6.07) is 13.4. The third-order valence-corrected chi connectivity index (χ3v) is 5.22. The number of ether oxygens (including phenoxy) is 3. The van der Waals surface area contributed by atoms with Crippen molar-refractivity contribution in [2.24, 2.45) is 0 Å². The zero-order valence-corrected chi connectivity index (χ0v) is 20.3. The normalized spacial score (nSPS) is 11.5. The van der Waals surface area contributed by atoms with E-state index < -0.39 is 11.0 Å². The van der Waals surface area contributed by atoms with Crippen LogP contribution in [-0.4, -0.2) is 33.8 Å². The standard InChI is InChI=1S/C25H30N4O6/c1-5-21(28-17(4)14-24(27-28)29(31)32)25(30)26-19-9-11-20(12-10-19)35-16-18-8-13-22(33-6-2)23(15-18)34-7-3/h8-15,21H,5-7,16H2,1-4H3,(H,26,30). The first-order chi connectivity index (χ1) is 16.9. The molecule has 1 amide bonds. The van der Waals surface area contributed by atoms with Gasteiger partial charge in [-0.3, -0.25) is 4.79 Å². The second kappa shape index (κ2) is 11.9. The first kappa shape index (κ1) is 25.5. The molecule has 10 nitrogen and oxygen atoms in total. The highest BCUT2D eigenvalue weighted by Crippen LogP contribution is 2.29. The minimum Gasteiger partial charge on any atom is -0.490 e. The number of carbonyl (C=O) groups is 1. The molecular weight excluding hydrogens is 452 g/mol. The lowest BCUT2D eigenvalue weighted by molar-refractivity contribution is -0.389. The van der Waals surface area contributed by atoms with E-state index in [9.17, 15) is 14.9 Å². The first-order valence-corrected chi connectivity index (χ1v) is 11.5. The van der Waals surface area contributed by atoms with Crippen LogP contribution in [0, 0.1) is 17.0 Å². The Morgan fingerprint density at radius 1 is 1.03 bits per heavy atom. The minimum atomic E-state index is -0.668. The van der Waals surface area contributed by atoms with Crippen molar-refractivity contribution in [1.82, 2.24) is 9.78 Å². The number of anilines is 1. The van der Waals surface area contributed by atoms with Crippen LogP contribution in [0.3, 0.4) is 0 Å². The third-order valence-electron chi connectivity index (χ3n) is 5.22. The summed E-state index contributed by atoms with van der Waals surface area (Å²) in [5.74, 6) is 1.43. The summed E-state index contributed by atoms with van der Waals surface area (Å²) in [6.07, 6.45) is 0.429. The summed E-state index contributed by atoms with van der Waals surface area (Å²) in [4.78, 5) is 23.3. The van der Waals surface area contributed by atoms with Crippen LogP contribution in [0.4, 0.5) is 11.5 Å². The number of nitrogens with zero attached hydrogens (tertiary/aromatic N) is 3. The summed E-state index contributed by atoms with van der Waals surface area (Å²) >= 11 is 0. The van der Waals surface area contributed by atoms with Crippen molar-refractivity contribution in [2.45, 2.75) is 46.8 Å². The fourth-order valence-electron chi connectivity index (χ4n) is 3.56. The van der Waals surface area contributed by atoms with Gasteiger partial charge in [-0.25, -0.2) is 0 Å². The molecule has 0 bridgehead atoms. The number of hydrogen-bond acceptors (Lipinski definition) is 7. The van der Waals surface area contributed by atoms with Gasteiger partial charge in [-0.05, 0) is 74.1 Å². The lowest BCUT2D eigenvalue weighted by Gasteiger charge is -2.15. The molecule has 0 fully saturated rings. The Morgan fingerprint density at radius 2 is 1.71 bits per heavy atom. The van der Waals surface area contributed by atoms with Gasteiger partial charge in [0.05, 0.1) is 30.1 Å². The predicted octanol–water partition coefficient (Wildman–Crippen LogP) is 5.07. The maximum Gasteiger partial charge on any atom is 0.390 e. The van der Waals surface area contributed by atoms with E-state index in [-0.39, 0.29) is 11.7 Å². The van der Waals surface area contributed by atoms with Crippen molar-refractivity contribution in [3.8, 4) is 17.2 Å². The van der Waals surface area contributed by atoms with Crippen LogP contribution in [0.1, 0.15) is 44.5 Å². The molecule has 0 aliphatic carbocycles. The van der Waals surface area contributed by atoms with Gasteiger partial charge in [0.2, 0.25) is 0 Å². The van der Waals surface area contributed by atoms with Gasteiger partial charge in [-0.15, -0.1) is 0 Å². The average molecular weight is 483 g/mol. The van der Waals surface area contributed by atoms with E-state index in [0.29, 0.717) is 54.9 Å². The lowest BCUT2D eigenvalue weighted by atomic mass is 10.2. The van der Waals surface area contributed by atoms with E-state index in [1.165, 1.54) is 10.7 Å². The molecule has 186 valence electrons. The maximum absolute atomic E-state index is 12.8. The topological polar surface area (TPSA) is 118 Å². The van der Waals surface area contributed by atoms with E-state index >= 15 is 0 Å². The monoisotopic (exact) mass is 482 g/mol. The number of carbonyl (C=O) groups excluding carboxylic acids is 1. The van der Waals surface area contributed by atoms with Gasteiger partial charge in [0, 0.05) is 5.69 Å². The summed E-state index contributed by atoms with van der Waals surface area (Å²) in [5.41, 5.74) is 2.06. The molecule has 3 rings (SSSR count). The number of nitrogens with one attached hydrogen (secondary N) is 1. The molecule has 1 unspecified atom stereocenters. The largest absolute Gasteiger partial charge is 0.490 e.